The molecule has 1 aliphatic heterocycles. The quantitative estimate of drug-likeness (QED) is 0.355. The molecule has 18 heavy (non-hydrogen) atoms. The van der Waals surface area contributed by atoms with Gasteiger partial charge in [-0.3, -0.25) is 0 Å². The third-order valence-electron chi connectivity index (χ3n) is 2.79. The van der Waals surface area contributed by atoms with Gasteiger partial charge in [0.15, 0.2) is 6.29 Å². The van der Waals surface area contributed by atoms with Crippen LogP contribution in [0.1, 0.15) is 6.92 Å². The van der Waals surface area contributed by atoms with E-state index in [1.807, 2.05) is 0 Å². The van der Waals surface area contributed by atoms with Crippen LogP contribution in [-0.2, 0) is 9.47 Å². The van der Waals surface area contributed by atoms with Crippen LogP contribution in [0.3, 0.4) is 0 Å². The lowest BCUT2D eigenvalue weighted by atomic mass is 9.99. The van der Waals surface area contributed by atoms with Crippen molar-refractivity contribution in [3.05, 3.63) is 11.6 Å². The van der Waals surface area contributed by atoms with Crippen molar-refractivity contribution in [3.63, 3.8) is 0 Å². The molecule has 0 aromatic rings. The largest absolute Gasteiger partial charge is 0.394 e. The molecule has 1 saturated heterocycles. The molecule has 1 heterocycles. The minimum absolute atomic E-state index is 0.0785. The molecule has 1 aliphatic rings. The normalized spacial score (nSPS) is 37.9. The number of aliphatic hydroxyl groups is 5. The summed E-state index contributed by atoms with van der Waals surface area (Å²) in [6.07, 6.45) is -4.74. The fraction of sp³-hybridized carbons (Fsp3) is 0.818. The number of hydrogen-bond donors (Lipinski definition) is 5. The van der Waals surface area contributed by atoms with Crippen LogP contribution in [-0.4, -0.2) is 76.1 Å². The van der Waals surface area contributed by atoms with Gasteiger partial charge in [-0.1, -0.05) is 6.08 Å². The molecule has 5 atom stereocenters. The van der Waals surface area contributed by atoms with E-state index < -0.39 is 37.3 Å². The second-order valence-corrected chi connectivity index (χ2v) is 4.24. The molecule has 0 bridgehead atoms. The molecular weight excluding hydrogens is 244 g/mol. The lowest BCUT2D eigenvalue weighted by molar-refractivity contribution is -0.298. The lowest BCUT2D eigenvalue weighted by Gasteiger charge is -2.39. The van der Waals surface area contributed by atoms with Gasteiger partial charge in [0.2, 0.25) is 0 Å². The Morgan fingerprint density at radius 3 is 2.39 bits per heavy atom. The molecule has 0 saturated carbocycles. The first kappa shape index (κ1) is 15.5. The zero-order valence-corrected chi connectivity index (χ0v) is 10.1. The van der Waals surface area contributed by atoms with Crippen molar-refractivity contribution in [2.45, 2.75) is 37.6 Å². The predicted molar refractivity (Wildman–Crippen MR) is 60.6 cm³/mol. The van der Waals surface area contributed by atoms with Crippen LogP contribution in [0.15, 0.2) is 11.6 Å². The summed E-state index contributed by atoms with van der Waals surface area (Å²) in [5.41, 5.74) is 0.694. The average molecular weight is 264 g/mol. The summed E-state index contributed by atoms with van der Waals surface area (Å²) in [4.78, 5) is 0. The summed E-state index contributed by atoms with van der Waals surface area (Å²) >= 11 is 0. The van der Waals surface area contributed by atoms with Crippen molar-refractivity contribution < 1.29 is 35.0 Å². The topological polar surface area (TPSA) is 120 Å². The van der Waals surface area contributed by atoms with Gasteiger partial charge in [-0.15, -0.1) is 0 Å². The molecule has 1 fully saturated rings. The molecule has 0 aromatic carbocycles. The second kappa shape index (κ2) is 7.15. The molecule has 1 rings (SSSR count). The van der Waals surface area contributed by atoms with Crippen molar-refractivity contribution in [2.24, 2.45) is 0 Å². The molecule has 7 nitrogen and oxygen atoms in total. The van der Waals surface area contributed by atoms with E-state index in [0.717, 1.165) is 0 Å². The molecule has 0 unspecified atom stereocenters. The third kappa shape index (κ3) is 3.72. The van der Waals surface area contributed by atoms with Crippen LogP contribution in [0.2, 0.25) is 0 Å². The molecule has 0 radical (unpaired) electrons. The number of ether oxygens (including phenoxy) is 2. The monoisotopic (exact) mass is 264 g/mol. The smallest absolute Gasteiger partial charge is 0.187 e. The highest BCUT2D eigenvalue weighted by Crippen LogP contribution is 2.21. The zero-order valence-electron chi connectivity index (χ0n) is 10.1. The van der Waals surface area contributed by atoms with Crippen LogP contribution in [0, 0.1) is 0 Å². The van der Waals surface area contributed by atoms with Crippen molar-refractivity contribution >= 4 is 0 Å². The maximum atomic E-state index is 9.63. The van der Waals surface area contributed by atoms with E-state index >= 15 is 0 Å². The third-order valence-corrected chi connectivity index (χ3v) is 2.79. The Labute approximate surface area is 105 Å². The first-order valence-corrected chi connectivity index (χ1v) is 5.69. The van der Waals surface area contributed by atoms with Crippen LogP contribution < -0.4 is 0 Å². The van der Waals surface area contributed by atoms with Gasteiger partial charge in [0.1, 0.15) is 24.4 Å². The van der Waals surface area contributed by atoms with Gasteiger partial charge in [-0.05, 0) is 12.5 Å². The summed E-state index contributed by atoms with van der Waals surface area (Å²) in [7, 11) is 0. The maximum absolute atomic E-state index is 9.63. The van der Waals surface area contributed by atoms with Crippen LogP contribution in [0.25, 0.3) is 0 Å². The Morgan fingerprint density at radius 1 is 1.17 bits per heavy atom. The van der Waals surface area contributed by atoms with Gasteiger partial charge in [-0.25, -0.2) is 0 Å². The fourth-order valence-corrected chi connectivity index (χ4v) is 1.55. The predicted octanol–water partition coefficient (Wildman–Crippen LogP) is -2.26. The second-order valence-electron chi connectivity index (χ2n) is 4.24. The Bertz CT molecular complexity index is 279. The van der Waals surface area contributed by atoms with Gasteiger partial charge >= 0.3 is 0 Å². The summed E-state index contributed by atoms with van der Waals surface area (Å²) < 4.78 is 10.3. The Hall–Kier alpha value is -0.540. The minimum atomic E-state index is -1.44. The van der Waals surface area contributed by atoms with Gasteiger partial charge < -0.3 is 35.0 Å². The first-order valence-electron chi connectivity index (χ1n) is 5.69. The number of rotatable bonds is 5. The Kier molecular flexibility index (Phi) is 6.16. The highest BCUT2D eigenvalue weighted by Gasteiger charge is 2.43. The minimum Gasteiger partial charge on any atom is -0.394 e. The maximum Gasteiger partial charge on any atom is 0.187 e. The van der Waals surface area contributed by atoms with Gasteiger partial charge in [0, 0.05) is 0 Å². The fourth-order valence-electron chi connectivity index (χ4n) is 1.55. The molecule has 0 spiro atoms. The van der Waals surface area contributed by atoms with E-state index in [0.29, 0.717) is 5.57 Å². The van der Waals surface area contributed by atoms with E-state index in [-0.39, 0.29) is 13.2 Å². The van der Waals surface area contributed by atoms with Crippen LogP contribution in [0.4, 0.5) is 0 Å². The van der Waals surface area contributed by atoms with Crippen LogP contribution in [0.5, 0.6) is 0 Å². The van der Waals surface area contributed by atoms with E-state index in [2.05, 4.69) is 0 Å². The average Bonchev–Trinajstić information content (AvgIpc) is 2.38. The first-order chi connectivity index (χ1) is 8.51. The Balaban J connectivity index is 2.54. The lowest BCUT2D eigenvalue weighted by Crippen LogP contribution is -2.59. The summed E-state index contributed by atoms with van der Waals surface area (Å²) in [6.45, 7) is 1.19. The van der Waals surface area contributed by atoms with Crippen molar-refractivity contribution in [1.82, 2.24) is 0 Å². The zero-order chi connectivity index (χ0) is 13.7. The van der Waals surface area contributed by atoms with E-state index in [1.54, 1.807) is 13.0 Å². The molecule has 7 heteroatoms. The summed E-state index contributed by atoms with van der Waals surface area (Å²) in [6, 6.07) is 0. The van der Waals surface area contributed by atoms with Gasteiger partial charge in [0.25, 0.3) is 0 Å². The number of aliphatic hydroxyl groups excluding tert-OH is 5. The van der Waals surface area contributed by atoms with E-state index in [4.69, 9.17) is 19.7 Å². The van der Waals surface area contributed by atoms with Crippen LogP contribution >= 0.6 is 0 Å². The summed E-state index contributed by atoms with van der Waals surface area (Å²) in [5.74, 6) is 0. The van der Waals surface area contributed by atoms with Crippen molar-refractivity contribution in [3.8, 4) is 0 Å². The van der Waals surface area contributed by atoms with Crippen molar-refractivity contribution in [1.29, 1.82) is 0 Å². The SMILES string of the molecule is C/C(=C/CO[C@@H]1O[C@H](CO)[C@@H](O)[C@H](O)[C@H]1O)CO. The highest BCUT2D eigenvalue weighted by atomic mass is 16.7. The summed E-state index contributed by atoms with van der Waals surface area (Å²) in [5, 5.41) is 46.4. The van der Waals surface area contributed by atoms with Crippen molar-refractivity contribution in [2.75, 3.05) is 19.8 Å². The molecule has 5 N–H and O–H groups in total. The van der Waals surface area contributed by atoms with E-state index in [9.17, 15) is 15.3 Å². The Morgan fingerprint density at radius 2 is 1.83 bits per heavy atom. The van der Waals surface area contributed by atoms with E-state index in [1.165, 1.54) is 0 Å². The van der Waals surface area contributed by atoms with Gasteiger partial charge in [0.05, 0.1) is 19.8 Å². The molecule has 0 aromatic heterocycles. The van der Waals surface area contributed by atoms with Gasteiger partial charge in [-0.2, -0.15) is 0 Å². The molecule has 0 aliphatic carbocycles. The number of hydrogen-bond acceptors (Lipinski definition) is 7. The molecule has 106 valence electrons. The molecular formula is C11H20O7. The molecule has 0 amide bonds. The highest BCUT2D eigenvalue weighted by molar-refractivity contribution is 4.98. The standard InChI is InChI=1S/C11H20O7/c1-6(4-12)2-3-17-11-10(16)9(15)8(14)7(5-13)18-11/h2,7-16H,3-5H2,1H3/b6-2-/t7-,8-,9+,10-,11-/m1/s1.